The summed E-state index contributed by atoms with van der Waals surface area (Å²) in [6.07, 6.45) is 1.64. The molecule has 0 radical (unpaired) electrons. The normalized spacial score (nSPS) is 10.7. The molecule has 7 heteroatoms. The van der Waals surface area contributed by atoms with Crippen molar-refractivity contribution in [1.29, 1.82) is 5.26 Å². The third-order valence-electron chi connectivity index (χ3n) is 3.51. The van der Waals surface area contributed by atoms with Crippen LogP contribution in [0.25, 0.3) is 11.6 Å². The van der Waals surface area contributed by atoms with Crippen molar-refractivity contribution in [3.8, 4) is 23.3 Å². The van der Waals surface area contributed by atoms with Gasteiger partial charge in [-0.3, -0.25) is 10.1 Å². The van der Waals surface area contributed by atoms with Gasteiger partial charge in [0.15, 0.2) is 11.5 Å². The van der Waals surface area contributed by atoms with Gasteiger partial charge in [-0.2, -0.15) is 5.26 Å². The van der Waals surface area contributed by atoms with Gasteiger partial charge in [-0.25, -0.2) is 0 Å². The summed E-state index contributed by atoms with van der Waals surface area (Å²) < 4.78 is 15.8. The molecule has 7 nitrogen and oxygen atoms in total. The third kappa shape index (κ3) is 3.87. The zero-order valence-corrected chi connectivity index (χ0v) is 14.0. The van der Waals surface area contributed by atoms with Gasteiger partial charge in [0.1, 0.15) is 0 Å². The zero-order valence-electron chi connectivity index (χ0n) is 14.0. The van der Waals surface area contributed by atoms with E-state index in [2.05, 4.69) is 6.07 Å². The molecular weight excluding hydrogens is 324 g/mol. The van der Waals surface area contributed by atoms with Crippen molar-refractivity contribution in [1.82, 2.24) is 0 Å². The molecule has 0 aliphatic carbocycles. The van der Waals surface area contributed by atoms with E-state index in [0.717, 1.165) is 0 Å². The van der Waals surface area contributed by atoms with Gasteiger partial charge in [-0.1, -0.05) is 0 Å². The standard InChI is InChI=1S/C18H16N2O5/c1-23-16-9-12(10-17(24-2)18(16)25-3)8-14(11-19)13-4-6-15(7-5-13)20(21)22/h4-10H,1-3H3/b14-8+. The second-order valence-corrected chi connectivity index (χ2v) is 4.93. The lowest BCUT2D eigenvalue weighted by Crippen LogP contribution is -1.95. The molecule has 0 amide bonds. The first-order valence-electron chi connectivity index (χ1n) is 7.20. The summed E-state index contributed by atoms with van der Waals surface area (Å²) >= 11 is 0. The number of benzene rings is 2. The number of non-ortho nitro benzene ring substituents is 1. The van der Waals surface area contributed by atoms with E-state index in [1.54, 1.807) is 18.2 Å². The van der Waals surface area contributed by atoms with Crippen molar-refractivity contribution in [3.63, 3.8) is 0 Å². The second kappa shape index (κ2) is 7.84. The van der Waals surface area contributed by atoms with E-state index in [-0.39, 0.29) is 5.69 Å². The largest absolute Gasteiger partial charge is 0.493 e. The Kier molecular flexibility index (Phi) is 5.58. The van der Waals surface area contributed by atoms with Crippen LogP contribution in [0.1, 0.15) is 11.1 Å². The van der Waals surface area contributed by atoms with Crippen LogP contribution in [0.5, 0.6) is 17.2 Å². The summed E-state index contributed by atoms with van der Waals surface area (Å²) in [6.45, 7) is 0. The molecule has 0 aliphatic rings. The highest BCUT2D eigenvalue weighted by Gasteiger charge is 2.13. The van der Waals surface area contributed by atoms with Gasteiger partial charge in [0.2, 0.25) is 5.75 Å². The highest BCUT2D eigenvalue weighted by Crippen LogP contribution is 2.39. The number of nitriles is 1. The molecule has 0 aliphatic heterocycles. The number of methoxy groups -OCH3 is 3. The van der Waals surface area contributed by atoms with E-state index in [1.807, 2.05) is 0 Å². The Morgan fingerprint density at radius 2 is 1.64 bits per heavy atom. The number of rotatable bonds is 6. The Bertz CT molecular complexity index is 826. The first kappa shape index (κ1) is 17.8. The van der Waals surface area contributed by atoms with E-state index in [1.165, 1.54) is 45.6 Å². The maximum absolute atomic E-state index is 10.7. The Morgan fingerprint density at radius 1 is 1.08 bits per heavy atom. The maximum Gasteiger partial charge on any atom is 0.269 e. The summed E-state index contributed by atoms with van der Waals surface area (Å²) in [7, 11) is 4.52. The van der Waals surface area contributed by atoms with Crippen molar-refractivity contribution in [2.24, 2.45) is 0 Å². The smallest absolute Gasteiger partial charge is 0.269 e. The molecule has 0 N–H and O–H groups in total. The molecule has 0 heterocycles. The van der Waals surface area contributed by atoms with Crippen molar-refractivity contribution < 1.29 is 19.1 Å². The van der Waals surface area contributed by atoms with Crippen LogP contribution >= 0.6 is 0 Å². The molecule has 2 rings (SSSR count). The number of hydrogen-bond acceptors (Lipinski definition) is 6. The number of nitrogens with zero attached hydrogens (tertiary/aromatic N) is 2. The highest BCUT2D eigenvalue weighted by molar-refractivity contribution is 5.90. The lowest BCUT2D eigenvalue weighted by atomic mass is 10.0. The zero-order chi connectivity index (χ0) is 18.4. The molecule has 0 saturated heterocycles. The summed E-state index contributed by atoms with van der Waals surface area (Å²) in [5, 5.41) is 20.2. The maximum atomic E-state index is 10.7. The SMILES string of the molecule is COc1cc(/C=C(\C#N)c2ccc([N+](=O)[O-])cc2)cc(OC)c1OC. The van der Waals surface area contributed by atoms with Gasteiger partial charge in [0, 0.05) is 12.1 Å². The van der Waals surface area contributed by atoms with Gasteiger partial charge >= 0.3 is 0 Å². The van der Waals surface area contributed by atoms with Crippen molar-refractivity contribution in [2.45, 2.75) is 0 Å². The van der Waals surface area contributed by atoms with Crippen molar-refractivity contribution in [3.05, 3.63) is 57.6 Å². The molecule has 0 saturated carbocycles. The number of nitro benzene ring substituents is 1. The molecule has 0 atom stereocenters. The number of nitro groups is 1. The van der Waals surface area contributed by atoms with Crippen LogP contribution in [-0.4, -0.2) is 26.3 Å². The van der Waals surface area contributed by atoms with Crippen molar-refractivity contribution >= 4 is 17.3 Å². The minimum Gasteiger partial charge on any atom is -0.493 e. The lowest BCUT2D eigenvalue weighted by Gasteiger charge is -2.13. The number of hydrogen-bond donors (Lipinski definition) is 0. The molecular formula is C18H16N2O5. The average Bonchev–Trinajstić information content (AvgIpc) is 2.65. The van der Waals surface area contributed by atoms with E-state index in [0.29, 0.717) is 33.9 Å². The van der Waals surface area contributed by atoms with Crippen LogP contribution in [0.4, 0.5) is 5.69 Å². The van der Waals surface area contributed by atoms with Crippen LogP contribution in [0.2, 0.25) is 0 Å². The fourth-order valence-electron chi connectivity index (χ4n) is 2.29. The highest BCUT2D eigenvalue weighted by atomic mass is 16.6. The second-order valence-electron chi connectivity index (χ2n) is 4.93. The minimum absolute atomic E-state index is 0.0335. The summed E-state index contributed by atoms with van der Waals surface area (Å²) in [4.78, 5) is 10.2. The Hall–Kier alpha value is -3.53. The molecule has 25 heavy (non-hydrogen) atoms. The first-order valence-corrected chi connectivity index (χ1v) is 7.20. The van der Waals surface area contributed by atoms with E-state index >= 15 is 0 Å². The molecule has 0 spiro atoms. The van der Waals surface area contributed by atoms with Gasteiger partial charge in [0.25, 0.3) is 5.69 Å². The quantitative estimate of drug-likeness (QED) is 0.344. The number of allylic oxidation sites excluding steroid dienone is 1. The molecule has 0 aromatic heterocycles. The number of ether oxygens (including phenoxy) is 3. The van der Waals surface area contributed by atoms with E-state index < -0.39 is 4.92 Å². The van der Waals surface area contributed by atoms with Crippen LogP contribution in [0.15, 0.2) is 36.4 Å². The van der Waals surface area contributed by atoms with Gasteiger partial charge in [-0.15, -0.1) is 0 Å². The molecule has 128 valence electrons. The summed E-state index contributed by atoms with van der Waals surface area (Å²) in [6, 6.07) is 11.3. The molecule has 0 fully saturated rings. The summed E-state index contributed by atoms with van der Waals surface area (Å²) in [5.41, 5.74) is 1.56. The summed E-state index contributed by atoms with van der Waals surface area (Å²) in [5.74, 6) is 1.39. The van der Waals surface area contributed by atoms with E-state index in [4.69, 9.17) is 14.2 Å². The molecule has 0 bridgehead atoms. The van der Waals surface area contributed by atoms with Crippen LogP contribution in [-0.2, 0) is 0 Å². The average molecular weight is 340 g/mol. The first-order chi connectivity index (χ1) is 12.0. The van der Waals surface area contributed by atoms with Crippen LogP contribution in [0.3, 0.4) is 0 Å². The Labute approximate surface area is 144 Å². The fraction of sp³-hybridized carbons (Fsp3) is 0.167. The minimum atomic E-state index is -0.487. The lowest BCUT2D eigenvalue weighted by molar-refractivity contribution is -0.384. The van der Waals surface area contributed by atoms with Crippen LogP contribution < -0.4 is 14.2 Å². The van der Waals surface area contributed by atoms with Gasteiger partial charge in [-0.05, 0) is 41.5 Å². The van der Waals surface area contributed by atoms with Crippen LogP contribution in [0, 0.1) is 21.4 Å². The van der Waals surface area contributed by atoms with E-state index in [9.17, 15) is 15.4 Å². The van der Waals surface area contributed by atoms with Gasteiger partial charge < -0.3 is 14.2 Å². The third-order valence-corrected chi connectivity index (χ3v) is 3.51. The predicted molar refractivity (Wildman–Crippen MR) is 92.7 cm³/mol. The molecule has 2 aromatic rings. The predicted octanol–water partition coefficient (Wildman–Crippen LogP) is 3.68. The topological polar surface area (TPSA) is 94.6 Å². The monoisotopic (exact) mass is 340 g/mol. The van der Waals surface area contributed by atoms with Crippen molar-refractivity contribution in [2.75, 3.05) is 21.3 Å². The molecule has 0 unspecified atom stereocenters. The molecule has 2 aromatic carbocycles. The fourth-order valence-corrected chi connectivity index (χ4v) is 2.29. The Balaban J connectivity index is 2.49. The van der Waals surface area contributed by atoms with Gasteiger partial charge in [0.05, 0.1) is 37.9 Å². The Morgan fingerprint density at radius 3 is 2.04 bits per heavy atom.